The summed E-state index contributed by atoms with van der Waals surface area (Å²) in [7, 11) is 0. The van der Waals surface area contributed by atoms with Gasteiger partial charge in [0.05, 0.1) is 25.7 Å². The molecule has 2 aromatic carbocycles. The topological polar surface area (TPSA) is 40.5 Å². The molecule has 1 aliphatic heterocycles. The molecule has 0 radical (unpaired) electrons. The van der Waals surface area contributed by atoms with E-state index in [1.54, 1.807) is 18.2 Å². The van der Waals surface area contributed by atoms with Crippen LogP contribution in [0.2, 0.25) is 0 Å². The monoisotopic (exact) mass is 368 g/mol. The lowest BCUT2D eigenvalue weighted by atomic mass is 9.92. The van der Waals surface area contributed by atoms with Crippen LogP contribution in [0.15, 0.2) is 48.5 Å². The molecule has 0 aromatic heterocycles. The third-order valence-corrected chi connectivity index (χ3v) is 6.36. The lowest BCUT2D eigenvalue weighted by molar-refractivity contribution is -0.955. The van der Waals surface area contributed by atoms with Crippen molar-refractivity contribution in [3.05, 3.63) is 59.7 Å². The van der Waals surface area contributed by atoms with E-state index < -0.39 is 0 Å². The van der Waals surface area contributed by atoms with E-state index in [2.05, 4.69) is 37.3 Å². The van der Waals surface area contributed by atoms with Gasteiger partial charge in [-0.05, 0) is 43.4 Å². The predicted molar refractivity (Wildman–Crippen MR) is 111 cm³/mol. The van der Waals surface area contributed by atoms with E-state index in [9.17, 15) is 10.2 Å². The van der Waals surface area contributed by atoms with E-state index in [1.165, 1.54) is 37.9 Å². The van der Waals surface area contributed by atoms with Crippen LogP contribution in [0.3, 0.4) is 0 Å². The lowest BCUT2D eigenvalue weighted by Crippen LogP contribution is -2.59. The molecule has 1 saturated heterocycles. The molecule has 3 rings (SSSR count). The van der Waals surface area contributed by atoms with Crippen LogP contribution in [0, 0.1) is 0 Å². The minimum atomic E-state index is 0.231. The van der Waals surface area contributed by atoms with Gasteiger partial charge in [-0.3, -0.25) is 0 Å². The summed E-state index contributed by atoms with van der Waals surface area (Å²) in [5, 5.41) is 20.7. The minimum absolute atomic E-state index is 0.231. The van der Waals surface area contributed by atoms with Crippen LogP contribution in [-0.4, -0.2) is 40.4 Å². The first-order chi connectivity index (χ1) is 13.1. The van der Waals surface area contributed by atoms with Gasteiger partial charge in [-0.2, -0.15) is 0 Å². The number of piperidine rings is 1. The van der Waals surface area contributed by atoms with Crippen LogP contribution in [-0.2, 0) is 12.8 Å². The first-order valence-corrected chi connectivity index (χ1v) is 10.5. The van der Waals surface area contributed by atoms with Gasteiger partial charge >= 0.3 is 0 Å². The Morgan fingerprint density at radius 2 is 1.56 bits per heavy atom. The van der Waals surface area contributed by atoms with Gasteiger partial charge in [0, 0.05) is 18.4 Å². The SMILES string of the molecule is CCCC(Cc1c(O)cccc1O)[N+]1(CCc2ccccc2)CCCCC1. The maximum Gasteiger partial charge on any atom is 0.122 e. The summed E-state index contributed by atoms with van der Waals surface area (Å²) < 4.78 is 1.12. The molecule has 0 spiro atoms. The molecule has 27 heavy (non-hydrogen) atoms. The average molecular weight is 369 g/mol. The van der Waals surface area contributed by atoms with Gasteiger partial charge in [0.1, 0.15) is 11.5 Å². The number of benzene rings is 2. The van der Waals surface area contributed by atoms with Crippen molar-refractivity contribution in [2.75, 3.05) is 19.6 Å². The Hall–Kier alpha value is -2.00. The highest BCUT2D eigenvalue weighted by Gasteiger charge is 2.38. The maximum absolute atomic E-state index is 10.3. The normalized spacial score (nSPS) is 17.5. The molecule has 3 nitrogen and oxygen atoms in total. The number of likely N-dealkylation sites (tertiary alicyclic amines) is 1. The summed E-state index contributed by atoms with van der Waals surface area (Å²) in [4.78, 5) is 0. The highest BCUT2D eigenvalue weighted by molar-refractivity contribution is 5.43. The Balaban J connectivity index is 1.84. The predicted octanol–water partition coefficient (Wildman–Crippen LogP) is 5.05. The second-order valence-corrected chi connectivity index (χ2v) is 8.11. The smallest absolute Gasteiger partial charge is 0.122 e. The molecule has 3 heteroatoms. The molecule has 0 saturated carbocycles. The van der Waals surface area contributed by atoms with Crippen LogP contribution in [0.4, 0.5) is 0 Å². The highest BCUT2D eigenvalue weighted by atomic mass is 16.3. The lowest BCUT2D eigenvalue weighted by Gasteiger charge is -2.48. The van der Waals surface area contributed by atoms with Crippen LogP contribution >= 0.6 is 0 Å². The summed E-state index contributed by atoms with van der Waals surface area (Å²) in [6.45, 7) is 5.82. The number of hydrogen-bond acceptors (Lipinski definition) is 2. The number of phenols is 2. The molecule has 0 aliphatic carbocycles. The molecule has 1 unspecified atom stereocenters. The second kappa shape index (κ2) is 9.27. The van der Waals surface area contributed by atoms with Crippen LogP contribution in [0.5, 0.6) is 11.5 Å². The largest absolute Gasteiger partial charge is 0.508 e. The summed E-state index contributed by atoms with van der Waals surface area (Å²) in [5.41, 5.74) is 2.12. The third kappa shape index (κ3) is 4.84. The molecule has 1 heterocycles. The number of hydrogen-bond donors (Lipinski definition) is 2. The van der Waals surface area contributed by atoms with Gasteiger partial charge in [0.15, 0.2) is 0 Å². The third-order valence-electron chi connectivity index (χ3n) is 6.36. The van der Waals surface area contributed by atoms with E-state index in [4.69, 9.17) is 0 Å². The quantitative estimate of drug-likeness (QED) is 0.640. The molecule has 146 valence electrons. The molecule has 1 atom stereocenters. The Labute approximate surface area is 163 Å². The highest BCUT2D eigenvalue weighted by Crippen LogP contribution is 2.34. The van der Waals surface area contributed by atoms with Crippen molar-refractivity contribution in [3.8, 4) is 11.5 Å². The van der Waals surface area contributed by atoms with Crippen molar-refractivity contribution >= 4 is 0 Å². The van der Waals surface area contributed by atoms with Crippen molar-refractivity contribution in [1.82, 2.24) is 0 Å². The minimum Gasteiger partial charge on any atom is -0.508 e. The summed E-state index contributed by atoms with van der Waals surface area (Å²) >= 11 is 0. The molecular formula is C24H34NO2+. The zero-order chi connectivity index (χ0) is 19.1. The fourth-order valence-electron chi connectivity index (χ4n) is 4.82. The van der Waals surface area contributed by atoms with Gasteiger partial charge < -0.3 is 14.7 Å². The molecule has 0 bridgehead atoms. The first kappa shape index (κ1) is 19.8. The summed E-state index contributed by atoms with van der Waals surface area (Å²) in [6, 6.07) is 16.3. The van der Waals surface area contributed by atoms with Crippen LogP contribution in [0.25, 0.3) is 0 Å². The number of aromatic hydroxyl groups is 2. The van der Waals surface area contributed by atoms with Crippen molar-refractivity contribution in [2.45, 2.75) is 57.9 Å². The second-order valence-electron chi connectivity index (χ2n) is 8.11. The van der Waals surface area contributed by atoms with Gasteiger partial charge in [-0.1, -0.05) is 49.7 Å². The Morgan fingerprint density at radius 1 is 0.889 bits per heavy atom. The summed E-state index contributed by atoms with van der Waals surface area (Å²) in [5.74, 6) is 0.462. The summed E-state index contributed by atoms with van der Waals surface area (Å²) in [6.07, 6.45) is 7.98. The van der Waals surface area contributed by atoms with Crippen molar-refractivity contribution in [1.29, 1.82) is 0 Å². The Morgan fingerprint density at radius 3 is 2.19 bits per heavy atom. The Kier molecular flexibility index (Phi) is 6.78. The van der Waals surface area contributed by atoms with Gasteiger partial charge in [0.25, 0.3) is 0 Å². The van der Waals surface area contributed by atoms with E-state index in [-0.39, 0.29) is 11.5 Å². The maximum atomic E-state index is 10.3. The van der Waals surface area contributed by atoms with E-state index in [1.807, 2.05) is 0 Å². The van der Waals surface area contributed by atoms with Crippen LogP contribution < -0.4 is 0 Å². The number of quaternary nitrogens is 1. The number of phenolic OH excluding ortho intramolecular Hbond substituents is 2. The molecular weight excluding hydrogens is 334 g/mol. The van der Waals surface area contributed by atoms with Gasteiger partial charge in [-0.15, -0.1) is 0 Å². The zero-order valence-corrected chi connectivity index (χ0v) is 16.6. The average Bonchev–Trinajstić information content (AvgIpc) is 2.70. The van der Waals surface area contributed by atoms with E-state index >= 15 is 0 Å². The molecule has 1 fully saturated rings. The number of rotatable bonds is 8. The van der Waals surface area contributed by atoms with Gasteiger partial charge in [-0.25, -0.2) is 0 Å². The molecule has 1 aliphatic rings. The fourth-order valence-corrected chi connectivity index (χ4v) is 4.82. The molecule has 2 aromatic rings. The van der Waals surface area contributed by atoms with Crippen molar-refractivity contribution in [2.24, 2.45) is 0 Å². The van der Waals surface area contributed by atoms with Crippen LogP contribution in [0.1, 0.15) is 50.2 Å². The molecule has 2 N–H and O–H groups in total. The first-order valence-electron chi connectivity index (χ1n) is 10.5. The van der Waals surface area contributed by atoms with Crippen molar-refractivity contribution in [3.63, 3.8) is 0 Å². The molecule has 0 amide bonds. The van der Waals surface area contributed by atoms with E-state index in [0.29, 0.717) is 6.04 Å². The zero-order valence-electron chi connectivity index (χ0n) is 16.6. The standard InChI is InChI=1S/C24H33NO2/c1-2-10-21(19-22-23(26)13-9-14-24(22)27)25(16-7-4-8-17-25)18-15-20-11-5-3-6-12-20/h3,5-6,9,11-14,21H,2,4,7-8,10,15-19H2,1H3,(H-,26,27)/p+1. The fraction of sp³-hybridized carbons (Fsp3) is 0.500. The van der Waals surface area contributed by atoms with Gasteiger partial charge in [0.2, 0.25) is 0 Å². The Bertz CT molecular complexity index is 687. The van der Waals surface area contributed by atoms with Crippen molar-refractivity contribution < 1.29 is 14.7 Å². The van der Waals surface area contributed by atoms with E-state index in [0.717, 1.165) is 42.3 Å². The number of nitrogens with zero attached hydrogens (tertiary/aromatic N) is 1.